The monoisotopic (exact) mass is 336 g/mol. The first-order chi connectivity index (χ1) is 12.4. The molecule has 0 saturated carbocycles. The van der Waals surface area contributed by atoms with Gasteiger partial charge >= 0.3 is 0 Å². The number of pyridine rings is 1. The van der Waals surface area contributed by atoms with E-state index in [0.717, 1.165) is 19.6 Å². The summed E-state index contributed by atoms with van der Waals surface area (Å²) in [6.45, 7) is 6.93. The van der Waals surface area contributed by atoms with Crippen LogP contribution in [-0.4, -0.2) is 42.6 Å². The number of nitrogens with one attached hydrogen (secondary N) is 1. The molecule has 0 radical (unpaired) electrons. The van der Waals surface area contributed by atoms with E-state index in [1.165, 1.54) is 67.8 Å². The number of piperidine rings is 1. The van der Waals surface area contributed by atoms with Crippen molar-refractivity contribution in [1.29, 1.82) is 0 Å². The van der Waals surface area contributed by atoms with Gasteiger partial charge in [0, 0.05) is 49.9 Å². The fraction of sp³-hybridized carbons (Fsp3) is 0.476. The zero-order valence-corrected chi connectivity index (χ0v) is 15.0. The van der Waals surface area contributed by atoms with Gasteiger partial charge in [-0.05, 0) is 67.7 Å². The van der Waals surface area contributed by atoms with Crippen molar-refractivity contribution in [3.05, 3.63) is 53.9 Å². The van der Waals surface area contributed by atoms with Crippen LogP contribution in [0.2, 0.25) is 0 Å². The topological polar surface area (TPSA) is 31.4 Å². The molecule has 4 heteroatoms. The van der Waals surface area contributed by atoms with Crippen LogP contribution >= 0.6 is 0 Å². The van der Waals surface area contributed by atoms with Crippen molar-refractivity contribution in [3.8, 4) is 0 Å². The second-order valence-electron chi connectivity index (χ2n) is 7.19. The van der Waals surface area contributed by atoms with Crippen LogP contribution in [0, 0.1) is 0 Å². The fourth-order valence-electron chi connectivity index (χ4n) is 3.94. The van der Waals surface area contributed by atoms with Crippen molar-refractivity contribution in [1.82, 2.24) is 9.88 Å². The highest BCUT2D eigenvalue weighted by Crippen LogP contribution is 2.31. The number of hydrogen-bond acceptors (Lipinski definition) is 4. The van der Waals surface area contributed by atoms with Crippen molar-refractivity contribution in [2.24, 2.45) is 0 Å². The molecular weight excluding hydrogens is 308 g/mol. The highest BCUT2D eigenvalue weighted by molar-refractivity contribution is 5.65. The molecule has 0 atom stereocenters. The van der Waals surface area contributed by atoms with Gasteiger partial charge in [0.1, 0.15) is 0 Å². The summed E-state index contributed by atoms with van der Waals surface area (Å²) in [5.74, 6) is 0. The lowest BCUT2D eigenvalue weighted by molar-refractivity contribution is 0.233. The van der Waals surface area contributed by atoms with E-state index in [9.17, 15) is 0 Å². The van der Waals surface area contributed by atoms with Gasteiger partial charge in [0.25, 0.3) is 0 Å². The molecule has 0 spiro atoms. The Kier molecular flexibility index (Phi) is 5.17. The third-order valence-corrected chi connectivity index (χ3v) is 5.46. The average molecular weight is 336 g/mol. The Bertz CT molecular complexity index is 680. The number of benzene rings is 1. The van der Waals surface area contributed by atoms with E-state index >= 15 is 0 Å². The van der Waals surface area contributed by atoms with Crippen LogP contribution in [0.4, 0.5) is 11.4 Å². The second kappa shape index (κ2) is 7.87. The number of likely N-dealkylation sites (tertiary alicyclic amines) is 1. The van der Waals surface area contributed by atoms with Crippen molar-refractivity contribution in [2.45, 2.75) is 32.2 Å². The summed E-state index contributed by atoms with van der Waals surface area (Å²) in [7, 11) is 0. The maximum atomic E-state index is 4.08. The molecule has 0 bridgehead atoms. The quantitative estimate of drug-likeness (QED) is 0.874. The van der Waals surface area contributed by atoms with E-state index in [4.69, 9.17) is 0 Å². The number of hydrogen-bond donors (Lipinski definition) is 1. The minimum atomic E-state index is 0.842. The fourth-order valence-corrected chi connectivity index (χ4v) is 3.94. The number of rotatable bonds is 6. The summed E-state index contributed by atoms with van der Waals surface area (Å²) >= 11 is 0. The van der Waals surface area contributed by atoms with Gasteiger partial charge in [-0.25, -0.2) is 0 Å². The molecule has 2 aliphatic heterocycles. The van der Waals surface area contributed by atoms with Crippen molar-refractivity contribution < 1.29 is 0 Å². The van der Waals surface area contributed by atoms with E-state index in [-0.39, 0.29) is 0 Å². The highest BCUT2D eigenvalue weighted by Gasteiger charge is 2.20. The van der Waals surface area contributed by atoms with E-state index in [2.05, 4.69) is 50.4 Å². The van der Waals surface area contributed by atoms with E-state index < -0.39 is 0 Å². The Morgan fingerprint density at radius 1 is 0.920 bits per heavy atom. The Hall–Kier alpha value is -2.07. The highest BCUT2D eigenvalue weighted by atomic mass is 15.2. The summed E-state index contributed by atoms with van der Waals surface area (Å²) in [5.41, 5.74) is 5.39. The Morgan fingerprint density at radius 3 is 2.60 bits per heavy atom. The first kappa shape index (κ1) is 16.4. The van der Waals surface area contributed by atoms with E-state index in [1.54, 1.807) is 0 Å². The summed E-state index contributed by atoms with van der Waals surface area (Å²) in [4.78, 5) is 9.28. The zero-order chi connectivity index (χ0) is 16.9. The van der Waals surface area contributed by atoms with Gasteiger partial charge in [-0.15, -0.1) is 0 Å². The molecule has 0 amide bonds. The van der Waals surface area contributed by atoms with Gasteiger partial charge in [-0.2, -0.15) is 0 Å². The molecule has 2 aromatic rings. The third-order valence-electron chi connectivity index (χ3n) is 5.46. The minimum absolute atomic E-state index is 0.842. The van der Waals surface area contributed by atoms with Gasteiger partial charge in [0.05, 0.1) is 0 Å². The van der Waals surface area contributed by atoms with Crippen LogP contribution in [0.25, 0.3) is 0 Å². The molecule has 1 N–H and O–H groups in total. The molecule has 4 nitrogen and oxygen atoms in total. The molecule has 1 aromatic carbocycles. The summed E-state index contributed by atoms with van der Waals surface area (Å²) < 4.78 is 0. The zero-order valence-electron chi connectivity index (χ0n) is 15.0. The predicted octanol–water partition coefficient (Wildman–Crippen LogP) is 3.54. The van der Waals surface area contributed by atoms with Crippen molar-refractivity contribution >= 4 is 11.4 Å². The lowest BCUT2D eigenvalue weighted by Crippen LogP contribution is -2.37. The smallest absolute Gasteiger partial charge is 0.0420 e. The normalized spacial score (nSPS) is 17.5. The minimum Gasteiger partial charge on any atom is -0.381 e. The molecule has 3 heterocycles. The van der Waals surface area contributed by atoms with Gasteiger partial charge in [0.15, 0.2) is 0 Å². The van der Waals surface area contributed by atoms with Crippen LogP contribution in [-0.2, 0) is 13.0 Å². The Balaban J connectivity index is 1.37. The molecule has 132 valence electrons. The maximum Gasteiger partial charge on any atom is 0.0420 e. The predicted molar refractivity (Wildman–Crippen MR) is 104 cm³/mol. The average Bonchev–Trinajstić information content (AvgIpc) is 3.09. The lowest BCUT2D eigenvalue weighted by atomic mass is 10.1. The standard InChI is InChI=1S/C21H28N4/c1-2-11-24(12-3-1)14-15-25-13-8-19-4-5-20(16-21(19)25)23-17-18-6-9-22-10-7-18/h4-7,9-10,16,23H,1-3,8,11-15,17H2. The molecule has 1 aromatic heterocycles. The van der Waals surface area contributed by atoms with Crippen molar-refractivity contribution in [3.63, 3.8) is 0 Å². The molecule has 2 aliphatic rings. The van der Waals surface area contributed by atoms with Crippen LogP contribution in [0.1, 0.15) is 30.4 Å². The Morgan fingerprint density at radius 2 is 1.76 bits per heavy atom. The van der Waals surface area contributed by atoms with Crippen molar-refractivity contribution in [2.75, 3.05) is 42.9 Å². The Labute approximate surface area is 150 Å². The lowest BCUT2D eigenvalue weighted by Gasteiger charge is -2.29. The SMILES string of the molecule is c1cc(CNc2ccc3c(c2)N(CCN2CCCCC2)CC3)ccn1. The summed E-state index contributed by atoms with van der Waals surface area (Å²) in [5, 5.41) is 3.55. The number of fused-ring (bicyclic) bond motifs is 1. The van der Waals surface area contributed by atoms with Crippen LogP contribution in [0.3, 0.4) is 0 Å². The third kappa shape index (κ3) is 4.13. The van der Waals surface area contributed by atoms with Crippen LogP contribution in [0.15, 0.2) is 42.7 Å². The van der Waals surface area contributed by atoms with Crippen LogP contribution < -0.4 is 10.2 Å². The van der Waals surface area contributed by atoms with Gasteiger partial charge in [0.2, 0.25) is 0 Å². The second-order valence-corrected chi connectivity index (χ2v) is 7.19. The molecular formula is C21H28N4. The summed E-state index contributed by atoms with van der Waals surface area (Å²) in [6, 6.07) is 11.0. The van der Waals surface area contributed by atoms with Crippen LogP contribution in [0.5, 0.6) is 0 Å². The molecule has 1 saturated heterocycles. The maximum absolute atomic E-state index is 4.08. The van der Waals surface area contributed by atoms with Gasteiger partial charge in [-0.3, -0.25) is 4.98 Å². The van der Waals surface area contributed by atoms with Gasteiger partial charge in [-0.1, -0.05) is 12.5 Å². The first-order valence-corrected chi connectivity index (χ1v) is 9.61. The van der Waals surface area contributed by atoms with E-state index in [1.807, 2.05) is 12.4 Å². The number of anilines is 2. The number of aromatic nitrogens is 1. The molecule has 1 fully saturated rings. The molecule has 0 unspecified atom stereocenters. The largest absolute Gasteiger partial charge is 0.381 e. The van der Waals surface area contributed by atoms with Gasteiger partial charge < -0.3 is 15.1 Å². The molecule has 4 rings (SSSR count). The molecule has 0 aliphatic carbocycles. The van der Waals surface area contributed by atoms with E-state index in [0.29, 0.717) is 0 Å². The number of nitrogens with zero attached hydrogens (tertiary/aromatic N) is 3. The molecule has 25 heavy (non-hydrogen) atoms. The first-order valence-electron chi connectivity index (χ1n) is 9.61. The summed E-state index contributed by atoms with van der Waals surface area (Å²) in [6.07, 6.45) is 9.04.